The van der Waals surface area contributed by atoms with Crippen molar-refractivity contribution < 1.29 is 9.53 Å². The van der Waals surface area contributed by atoms with Gasteiger partial charge in [-0.15, -0.1) is 0 Å². The summed E-state index contributed by atoms with van der Waals surface area (Å²) in [5.41, 5.74) is 6.74. The molecule has 0 spiro atoms. The Morgan fingerprint density at radius 2 is 1.91 bits per heavy atom. The highest BCUT2D eigenvalue weighted by atomic mass is 16.5. The number of aryl methyl sites for hydroxylation is 1. The number of amides is 1. The Bertz CT molecular complexity index is 1310. The summed E-state index contributed by atoms with van der Waals surface area (Å²) >= 11 is 0. The predicted octanol–water partition coefficient (Wildman–Crippen LogP) is 4.85. The highest BCUT2D eigenvalue weighted by molar-refractivity contribution is 5.98. The highest BCUT2D eigenvalue weighted by Crippen LogP contribution is 2.30. The fourth-order valence-electron chi connectivity index (χ4n) is 4.13. The second kappa shape index (κ2) is 8.11. The van der Waals surface area contributed by atoms with Crippen LogP contribution in [0.25, 0.3) is 22.2 Å². The van der Waals surface area contributed by atoms with Crippen molar-refractivity contribution in [2.75, 3.05) is 6.61 Å². The minimum atomic E-state index is -0.128. The molecular formula is C26H26N4O2. The quantitative estimate of drug-likeness (QED) is 0.495. The maximum absolute atomic E-state index is 12.8. The van der Waals surface area contributed by atoms with Crippen molar-refractivity contribution in [2.45, 2.75) is 39.8 Å². The van der Waals surface area contributed by atoms with Gasteiger partial charge in [0.1, 0.15) is 5.75 Å². The number of pyridine rings is 1. The first kappa shape index (κ1) is 20.2. The molecule has 1 amide bonds. The number of hydrogen-bond acceptors (Lipinski definition) is 4. The molecule has 1 aliphatic heterocycles. The summed E-state index contributed by atoms with van der Waals surface area (Å²) in [4.78, 5) is 17.5. The third-order valence-corrected chi connectivity index (χ3v) is 5.92. The van der Waals surface area contributed by atoms with Gasteiger partial charge in [-0.2, -0.15) is 5.10 Å². The molecule has 0 aliphatic carbocycles. The van der Waals surface area contributed by atoms with Gasteiger partial charge in [-0.05, 0) is 61.2 Å². The van der Waals surface area contributed by atoms with Gasteiger partial charge in [-0.25, -0.2) is 9.67 Å². The lowest BCUT2D eigenvalue weighted by Crippen LogP contribution is -2.24. The Labute approximate surface area is 187 Å². The maximum Gasteiger partial charge on any atom is 0.253 e. The topological polar surface area (TPSA) is 69.0 Å². The van der Waals surface area contributed by atoms with Gasteiger partial charge >= 0.3 is 0 Å². The van der Waals surface area contributed by atoms with Crippen LogP contribution in [0.2, 0.25) is 0 Å². The average molecular weight is 427 g/mol. The van der Waals surface area contributed by atoms with Crippen LogP contribution < -0.4 is 10.1 Å². The lowest BCUT2D eigenvalue weighted by molar-refractivity contribution is 0.0950. The summed E-state index contributed by atoms with van der Waals surface area (Å²) in [6.45, 7) is 7.21. The zero-order chi connectivity index (χ0) is 22.2. The number of nitrogens with one attached hydrogen (secondary N) is 1. The summed E-state index contributed by atoms with van der Waals surface area (Å²) in [6, 6.07) is 16.7. The van der Waals surface area contributed by atoms with Crippen molar-refractivity contribution >= 4 is 16.9 Å². The molecule has 0 fully saturated rings. The van der Waals surface area contributed by atoms with Gasteiger partial charge in [-0.1, -0.05) is 30.3 Å². The Hall–Kier alpha value is -3.67. The molecule has 0 bridgehead atoms. The molecule has 32 heavy (non-hydrogen) atoms. The zero-order valence-corrected chi connectivity index (χ0v) is 18.6. The number of benzene rings is 2. The molecule has 2 aromatic heterocycles. The monoisotopic (exact) mass is 426 g/mol. The van der Waals surface area contributed by atoms with Crippen molar-refractivity contribution in [3.8, 4) is 16.9 Å². The Balaban J connectivity index is 1.28. The minimum absolute atomic E-state index is 0.128. The lowest BCUT2D eigenvalue weighted by Gasteiger charge is -2.10. The molecule has 0 saturated heterocycles. The first-order valence-electron chi connectivity index (χ1n) is 11.0. The predicted molar refractivity (Wildman–Crippen MR) is 125 cm³/mol. The molecule has 6 heteroatoms. The van der Waals surface area contributed by atoms with Crippen molar-refractivity contribution in [2.24, 2.45) is 0 Å². The van der Waals surface area contributed by atoms with E-state index in [9.17, 15) is 4.79 Å². The molecule has 0 saturated carbocycles. The van der Waals surface area contributed by atoms with Gasteiger partial charge in [0.15, 0.2) is 5.65 Å². The maximum atomic E-state index is 12.8. The standard InChI is InChI=1S/C26H26N4O2/c1-16(2)30-25-22(15-28-30)13-23(17(3)29-25)26(31)27-14-18-4-6-19(7-5-18)20-8-9-24-21(12-20)10-11-32-24/h4-9,12-13,15-16H,10-11,14H2,1-3H3,(H,27,31). The van der Waals surface area contributed by atoms with Gasteiger partial charge in [0.25, 0.3) is 5.91 Å². The van der Waals surface area contributed by atoms with E-state index in [4.69, 9.17) is 4.74 Å². The van der Waals surface area contributed by atoms with E-state index in [2.05, 4.69) is 65.6 Å². The number of ether oxygens (including phenoxy) is 1. The Morgan fingerprint density at radius 1 is 1.12 bits per heavy atom. The normalized spacial score (nSPS) is 12.8. The summed E-state index contributed by atoms with van der Waals surface area (Å²) in [5, 5.41) is 8.29. The summed E-state index contributed by atoms with van der Waals surface area (Å²) in [7, 11) is 0. The second-order valence-corrected chi connectivity index (χ2v) is 8.52. The number of carbonyl (C=O) groups excluding carboxylic acids is 1. The van der Waals surface area contributed by atoms with E-state index in [1.165, 1.54) is 11.1 Å². The van der Waals surface area contributed by atoms with Crippen LogP contribution in [0, 0.1) is 6.92 Å². The van der Waals surface area contributed by atoms with Gasteiger partial charge in [0.05, 0.1) is 24.1 Å². The number of hydrogen-bond donors (Lipinski definition) is 1. The van der Waals surface area contributed by atoms with E-state index < -0.39 is 0 Å². The molecular weight excluding hydrogens is 400 g/mol. The zero-order valence-electron chi connectivity index (χ0n) is 18.6. The van der Waals surface area contributed by atoms with E-state index >= 15 is 0 Å². The fraction of sp³-hybridized carbons (Fsp3) is 0.269. The highest BCUT2D eigenvalue weighted by Gasteiger charge is 2.16. The van der Waals surface area contributed by atoms with E-state index in [0.29, 0.717) is 17.8 Å². The van der Waals surface area contributed by atoms with E-state index in [-0.39, 0.29) is 11.9 Å². The Morgan fingerprint density at radius 3 is 2.69 bits per heavy atom. The van der Waals surface area contributed by atoms with Crippen LogP contribution in [-0.2, 0) is 13.0 Å². The number of nitrogens with zero attached hydrogens (tertiary/aromatic N) is 3. The van der Waals surface area contributed by atoms with Gasteiger partial charge < -0.3 is 10.1 Å². The SMILES string of the molecule is Cc1nc2c(cnn2C(C)C)cc1C(=O)NCc1ccc(-c2ccc3c(c2)CCO3)cc1. The van der Waals surface area contributed by atoms with Crippen LogP contribution >= 0.6 is 0 Å². The van der Waals surface area contributed by atoms with Crippen molar-refractivity contribution in [1.82, 2.24) is 20.1 Å². The van der Waals surface area contributed by atoms with Crippen molar-refractivity contribution in [3.05, 3.63) is 77.1 Å². The molecule has 1 aliphatic rings. The van der Waals surface area contributed by atoms with Crippen molar-refractivity contribution in [3.63, 3.8) is 0 Å². The first-order chi connectivity index (χ1) is 15.5. The third kappa shape index (κ3) is 3.73. The number of fused-ring (bicyclic) bond motifs is 2. The largest absolute Gasteiger partial charge is 0.493 e. The van der Waals surface area contributed by atoms with Crippen molar-refractivity contribution in [1.29, 1.82) is 0 Å². The van der Waals surface area contributed by atoms with Crippen LogP contribution in [0.4, 0.5) is 0 Å². The van der Waals surface area contributed by atoms with Crippen LogP contribution in [-0.4, -0.2) is 27.3 Å². The molecule has 6 nitrogen and oxygen atoms in total. The lowest BCUT2D eigenvalue weighted by atomic mass is 10.0. The average Bonchev–Trinajstić information content (AvgIpc) is 3.43. The molecule has 162 valence electrons. The summed E-state index contributed by atoms with van der Waals surface area (Å²) in [5.74, 6) is 0.865. The van der Waals surface area contributed by atoms with E-state index in [1.807, 2.05) is 23.7 Å². The van der Waals surface area contributed by atoms with Gasteiger partial charge in [0, 0.05) is 24.4 Å². The second-order valence-electron chi connectivity index (χ2n) is 8.52. The third-order valence-electron chi connectivity index (χ3n) is 5.92. The molecule has 0 radical (unpaired) electrons. The molecule has 2 aromatic carbocycles. The number of aromatic nitrogens is 3. The van der Waals surface area contributed by atoms with E-state index in [1.54, 1.807) is 6.20 Å². The van der Waals surface area contributed by atoms with Crippen LogP contribution in [0.5, 0.6) is 5.75 Å². The molecule has 0 unspecified atom stereocenters. The van der Waals surface area contributed by atoms with E-state index in [0.717, 1.165) is 40.9 Å². The Kier molecular flexibility index (Phi) is 5.13. The molecule has 4 aromatic rings. The number of rotatable bonds is 5. The van der Waals surface area contributed by atoms with Crippen LogP contribution in [0.15, 0.2) is 54.7 Å². The fourth-order valence-corrected chi connectivity index (χ4v) is 4.13. The first-order valence-corrected chi connectivity index (χ1v) is 11.0. The molecule has 1 N–H and O–H groups in total. The molecule has 5 rings (SSSR count). The number of carbonyl (C=O) groups is 1. The summed E-state index contributed by atoms with van der Waals surface area (Å²) < 4.78 is 7.47. The van der Waals surface area contributed by atoms with Crippen LogP contribution in [0.1, 0.15) is 47.1 Å². The molecule has 0 atom stereocenters. The van der Waals surface area contributed by atoms with Crippen LogP contribution in [0.3, 0.4) is 0 Å². The minimum Gasteiger partial charge on any atom is -0.493 e. The molecule has 3 heterocycles. The van der Waals surface area contributed by atoms with Gasteiger partial charge in [0.2, 0.25) is 0 Å². The smallest absolute Gasteiger partial charge is 0.253 e. The van der Waals surface area contributed by atoms with Gasteiger partial charge in [-0.3, -0.25) is 4.79 Å². The summed E-state index contributed by atoms with van der Waals surface area (Å²) in [6.07, 6.45) is 2.73.